The largest absolute Gasteiger partial charge is 0.382 e. The summed E-state index contributed by atoms with van der Waals surface area (Å²) in [5.74, 6) is 1.95. The number of hydrogen-bond acceptors (Lipinski definition) is 3. The molecular weight excluding hydrogens is 166 g/mol. The van der Waals surface area contributed by atoms with E-state index in [2.05, 4.69) is 10.2 Å². The van der Waals surface area contributed by atoms with Crippen LogP contribution in [0.2, 0.25) is 0 Å². The van der Waals surface area contributed by atoms with Crippen LogP contribution in [0.15, 0.2) is 6.33 Å². The summed E-state index contributed by atoms with van der Waals surface area (Å²) in [7, 11) is 1.89. The summed E-state index contributed by atoms with van der Waals surface area (Å²) >= 11 is 0. The topological polar surface area (TPSA) is 50.9 Å². The Kier molecular flexibility index (Phi) is 1.22. The zero-order valence-electron chi connectivity index (χ0n) is 7.64. The van der Waals surface area contributed by atoms with Gasteiger partial charge in [-0.25, -0.2) is 0 Å². The van der Waals surface area contributed by atoms with Crippen LogP contribution in [0, 0.1) is 11.8 Å². The summed E-state index contributed by atoms with van der Waals surface area (Å²) in [6, 6.07) is 0. The fraction of sp³-hybridized carbons (Fsp3) is 0.778. The van der Waals surface area contributed by atoms with E-state index in [-0.39, 0.29) is 0 Å². The third kappa shape index (κ3) is 0.839. The minimum absolute atomic E-state index is 0.454. The lowest BCUT2D eigenvalue weighted by Gasteiger charge is -2.22. The van der Waals surface area contributed by atoms with Gasteiger partial charge in [0, 0.05) is 7.05 Å². The van der Waals surface area contributed by atoms with Gasteiger partial charge in [0.05, 0.1) is 0 Å². The highest BCUT2D eigenvalue weighted by molar-refractivity contribution is 5.16. The molecule has 2 aliphatic carbocycles. The van der Waals surface area contributed by atoms with E-state index in [0.29, 0.717) is 5.92 Å². The maximum absolute atomic E-state index is 10.4. The van der Waals surface area contributed by atoms with Crippen LogP contribution < -0.4 is 0 Å². The maximum Gasteiger partial charge on any atom is 0.164 e. The molecule has 70 valence electrons. The van der Waals surface area contributed by atoms with Crippen molar-refractivity contribution in [2.45, 2.75) is 24.9 Å². The van der Waals surface area contributed by atoms with Crippen LogP contribution in [-0.4, -0.2) is 19.9 Å². The minimum Gasteiger partial charge on any atom is -0.382 e. The molecule has 13 heavy (non-hydrogen) atoms. The molecule has 0 aromatic carbocycles. The number of fused-ring (bicyclic) bond motifs is 1. The van der Waals surface area contributed by atoms with E-state index in [1.54, 1.807) is 6.33 Å². The highest BCUT2D eigenvalue weighted by Gasteiger charge is 2.59. The predicted molar refractivity (Wildman–Crippen MR) is 45.7 cm³/mol. The highest BCUT2D eigenvalue weighted by Crippen LogP contribution is 2.61. The normalized spacial score (nSPS) is 42.0. The molecule has 2 saturated carbocycles. The first kappa shape index (κ1) is 7.50. The van der Waals surface area contributed by atoms with Crippen LogP contribution in [-0.2, 0) is 12.6 Å². The molecule has 3 unspecified atom stereocenters. The fourth-order valence-electron chi connectivity index (χ4n) is 2.70. The van der Waals surface area contributed by atoms with E-state index in [9.17, 15) is 5.11 Å². The maximum atomic E-state index is 10.4. The van der Waals surface area contributed by atoms with Crippen molar-refractivity contribution in [2.75, 3.05) is 0 Å². The van der Waals surface area contributed by atoms with E-state index in [1.807, 2.05) is 11.6 Å². The summed E-state index contributed by atoms with van der Waals surface area (Å²) in [5, 5.41) is 18.2. The summed E-state index contributed by atoms with van der Waals surface area (Å²) in [4.78, 5) is 0. The lowest BCUT2D eigenvalue weighted by Crippen LogP contribution is -2.29. The predicted octanol–water partition coefficient (Wildman–Crippen LogP) is 0.433. The first-order valence-electron chi connectivity index (χ1n) is 4.78. The summed E-state index contributed by atoms with van der Waals surface area (Å²) in [6.07, 6.45) is 4.83. The van der Waals surface area contributed by atoms with E-state index in [0.717, 1.165) is 24.6 Å². The third-order valence-electron chi connectivity index (χ3n) is 3.53. The number of rotatable bonds is 1. The standard InChI is InChI=1S/C9H13N3O/c1-12-5-10-11-8(12)9(13)3-2-6-4-7(6)9/h5-7,13H,2-4H2,1H3. The van der Waals surface area contributed by atoms with Gasteiger partial charge in [0.2, 0.25) is 0 Å². The quantitative estimate of drug-likeness (QED) is 0.680. The van der Waals surface area contributed by atoms with Crippen molar-refractivity contribution in [2.24, 2.45) is 18.9 Å². The van der Waals surface area contributed by atoms with E-state index in [1.165, 1.54) is 6.42 Å². The Morgan fingerprint density at radius 3 is 3.00 bits per heavy atom. The van der Waals surface area contributed by atoms with Crippen molar-refractivity contribution in [3.8, 4) is 0 Å². The van der Waals surface area contributed by atoms with Crippen LogP contribution in [0.5, 0.6) is 0 Å². The summed E-state index contributed by atoms with van der Waals surface area (Å²) < 4.78 is 1.83. The lowest BCUT2D eigenvalue weighted by atomic mass is 9.97. The molecule has 0 bridgehead atoms. The van der Waals surface area contributed by atoms with E-state index >= 15 is 0 Å². The molecule has 2 fully saturated rings. The van der Waals surface area contributed by atoms with Gasteiger partial charge < -0.3 is 9.67 Å². The minimum atomic E-state index is -0.671. The number of aryl methyl sites for hydroxylation is 1. The molecule has 0 spiro atoms. The third-order valence-corrected chi connectivity index (χ3v) is 3.53. The van der Waals surface area contributed by atoms with Crippen molar-refractivity contribution in [3.63, 3.8) is 0 Å². The monoisotopic (exact) mass is 179 g/mol. The molecule has 1 N–H and O–H groups in total. The second-order valence-electron chi connectivity index (χ2n) is 4.33. The Hall–Kier alpha value is -0.900. The molecule has 1 heterocycles. The van der Waals surface area contributed by atoms with Gasteiger partial charge in [-0.1, -0.05) is 0 Å². The van der Waals surface area contributed by atoms with Crippen LogP contribution in [0.4, 0.5) is 0 Å². The molecule has 4 heteroatoms. The molecule has 1 aromatic heterocycles. The van der Waals surface area contributed by atoms with Gasteiger partial charge in [-0.05, 0) is 31.1 Å². The first-order valence-corrected chi connectivity index (χ1v) is 4.78. The molecule has 3 rings (SSSR count). The second-order valence-corrected chi connectivity index (χ2v) is 4.33. The van der Waals surface area contributed by atoms with E-state index in [4.69, 9.17) is 0 Å². The second kappa shape index (κ2) is 2.12. The average molecular weight is 179 g/mol. The Morgan fingerprint density at radius 2 is 2.54 bits per heavy atom. The number of aliphatic hydroxyl groups is 1. The molecule has 1 aromatic rings. The molecule has 0 aliphatic heterocycles. The fourth-order valence-corrected chi connectivity index (χ4v) is 2.70. The van der Waals surface area contributed by atoms with Crippen molar-refractivity contribution in [1.82, 2.24) is 14.8 Å². The van der Waals surface area contributed by atoms with Crippen LogP contribution in [0.25, 0.3) is 0 Å². The Bertz CT molecular complexity index is 348. The van der Waals surface area contributed by atoms with Crippen molar-refractivity contribution in [3.05, 3.63) is 12.2 Å². The lowest BCUT2D eigenvalue weighted by molar-refractivity contribution is 0.00881. The Labute approximate surface area is 76.6 Å². The summed E-state index contributed by atoms with van der Waals surface area (Å²) in [5.41, 5.74) is -0.671. The number of nitrogens with zero attached hydrogens (tertiary/aromatic N) is 3. The van der Waals surface area contributed by atoms with Crippen LogP contribution >= 0.6 is 0 Å². The SMILES string of the molecule is Cn1cnnc1C1(O)CCC2CC21. The zero-order chi connectivity index (χ0) is 9.05. The van der Waals surface area contributed by atoms with Gasteiger partial charge >= 0.3 is 0 Å². The molecular formula is C9H13N3O. The van der Waals surface area contributed by atoms with Crippen LogP contribution in [0.3, 0.4) is 0 Å². The van der Waals surface area contributed by atoms with Gasteiger partial charge in [-0.3, -0.25) is 0 Å². The first-order chi connectivity index (χ1) is 6.22. The molecule has 2 aliphatic rings. The molecule has 0 amide bonds. The number of aromatic nitrogens is 3. The Morgan fingerprint density at radius 1 is 1.69 bits per heavy atom. The van der Waals surface area contributed by atoms with Crippen molar-refractivity contribution in [1.29, 1.82) is 0 Å². The molecule has 3 atom stereocenters. The molecule has 0 radical (unpaired) electrons. The Balaban J connectivity index is 2.04. The van der Waals surface area contributed by atoms with Gasteiger partial charge in [0.1, 0.15) is 11.9 Å². The van der Waals surface area contributed by atoms with Gasteiger partial charge in [-0.15, -0.1) is 10.2 Å². The van der Waals surface area contributed by atoms with E-state index < -0.39 is 5.60 Å². The van der Waals surface area contributed by atoms with Gasteiger partial charge in [0.15, 0.2) is 5.82 Å². The van der Waals surface area contributed by atoms with Gasteiger partial charge in [-0.2, -0.15) is 0 Å². The van der Waals surface area contributed by atoms with Crippen LogP contribution in [0.1, 0.15) is 25.1 Å². The summed E-state index contributed by atoms with van der Waals surface area (Å²) in [6.45, 7) is 0. The van der Waals surface area contributed by atoms with Crippen molar-refractivity contribution >= 4 is 0 Å². The highest BCUT2D eigenvalue weighted by atomic mass is 16.3. The number of hydrogen-bond donors (Lipinski definition) is 1. The average Bonchev–Trinajstić information content (AvgIpc) is 2.67. The zero-order valence-corrected chi connectivity index (χ0v) is 7.64. The smallest absolute Gasteiger partial charge is 0.164 e. The van der Waals surface area contributed by atoms with Gasteiger partial charge in [0.25, 0.3) is 0 Å². The van der Waals surface area contributed by atoms with Crippen molar-refractivity contribution < 1.29 is 5.11 Å². The molecule has 4 nitrogen and oxygen atoms in total. The molecule has 0 saturated heterocycles.